The molecule has 4 N–H and O–H groups in total. The summed E-state index contributed by atoms with van der Waals surface area (Å²) in [6.45, 7) is 6.08. The van der Waals surface area contributed by atoms with E-state index in [9.17, 15) is 4.79 Å². The summed E-state index contributed by atoms with van der Waals surface area (Å²) in [5, 5.41) is 8.39. The van der Waals surface area contributed by atoms with Crippen LogP contribution in [0.25, 0.3) is 11.5 Å². The smallest absolute Gasteiger partial charge is 0.313 e. The first-order valence-corrected chi connectivity index (χ1v) is 13.1. The van der Waals surface area contributed by atoms with Gasteiger partial charge in [-0.2, -0.15) is 0 Å². The number of halogens is 2. The van der Waals surface area contributed by atoms with E-state index in [1.807, 2.05) is 4.90 Å². The molecule has 2 aliphatic rings. The van der Waals surface area contributed by atoms with Gasteiger partial charge in [0.1, 0.15) is 16.8 Å². The third-order valence-corrected chi connectivity index (χ3v) is 7.64. The average molecular weight is 546 g/mol. The number of nitrogen functional groups attached to an aromatic ring is 2. The molecular weight excluding hydrogens is 517 g/mol. The molecule has 37 heavy (non-hydrogen) atoms. The van der Waals surface area contributed by atoms with Gasteiger partial charge in [-0.05, 0) is 37.5 Å². The summed E-state index contributed by atoms with van der Waals surface area (Å²) in [4.78, 5) is 28.3. The Kier molecular flexibility index (Phi) is 7.36. The van der Waals surface area contributed by atoms with E-state index in [1.54, 1.807) is 24.4 Å². The van der Waals surface area contributed by atoms with Gasteiger partial charge in [-0.25, -0.2) is 9.97 Å². The van der Waals surface area contributed by atoms with Crippen molar-refractivity contribution in [2.75, 3.05) is 49.1 Å². The molecule has 13 heteroatoms. The number of hydrogen-bond acceptors (Lipinski definition) is 10. The van der Waals surface area contributed by atoms with Crippen molar-refractivity contribution in [3.63, 3.8) is 0 Å². The van der Waals surface area contributed by atoms with Crippen LogP contribution >= 0.6 is 23.2 Å². The molecule has 1 atom stereocenters. The summed E-state index contributed by atoms with van der Waals surface area (Å²) in [5.41, 5.74) is 12.5. The Morgan fingerprint density at radius 2 is 1.92 bits per heavy atom. The minimum absolute atomic E-state index is 0.00146. The van der Waals surface area contributed by atoms with Gasteiger partial charge in [-0.15, -0.1) is 5.10 Å². The van der Waals surface area contributed by atoms with E-state index < -0.39 is 0 Å². The minimum atomic E-state index is -0.0932. The van der Waals surface area contributed by atoms with E-state index >= 15 is 0 Å². The Morgan fingerprint density at radius 1 is 1.14 bits per heavy atom. The maximum Gasteiger partial charge on any atom is 0.313 e. The van der Waals surface area contributed by atoms with Gasteiger partial charge in [0.15, 0.2) is 0 Å². The number of carbonyl (C=O) groups is 1. The maximum atomic E-state index is 13.0. The van der Waals surface area contributed by atoms with Crippen LogP contribution in [0.4, 0.5) is 17.7 Å². The molecule has 0 spiro atoms. The second-order valence-electron chi connectivity index (χ2n) is 9.31. The van der Waals surface area contributed by atoms with Gasteiger partial charge >= 0.3 is 6.01 Å². The molecule has 11 nitrogen and oxygen atoms in total. The summed E-state index contributed by atoms with van der Waals surface area (Å²) in [7, 11) is 0. The van der Waals surface area contributed by atoms with Crippen LogP contribution in [-0.2, 0) is 0 Å². The van der Waals surface area contributed by atoms with E-state index in [2.05, 4.69) is 36.9 Å². The minimum Gasteiger partial charge on any atom is -0.403 e. The number of likely N-dealkylation sites (tertiary alicyclic amines) is 1. The van der Waals surface area contributed by atoms with Gasteiger partial charge in [0.2, 0.25) is 0 Å². The Balaban J connectivity index is 1.21. The first-order chi connectivity index (χ1) is 17.8. The zero-order chi connectivity index (χ0) is 26.1. The van der Waals surface area contributed by atoms with Crippen LogP contribution < -0.4 is 16.4 Å². The van der Waals surface area contributed by atoms with E-state index in [0.29, 0.717) is 41.3 Å². The van der Waals surface area contributed by atoms with Crippen LogP contribution in [0.2, 0.25) is 10.2 Å². The van der Waals surface area contributed by atoms with Gasteiger partial charge in [0, 0.05) is 51.0 Å². The fourth-order valence-corrected chi connectivity index (χ4v) is 5.68. The van der Waals surface area contributed by atoms with Crippen molar-refractivity contribution >= 4 is 46.8 Å². The molecule has 1 amide bonds. The van der Waals surface area contributed by atoms with Crippen molar-refractivity contribution in [1.29, 1.82) is 0 Å². The summed E-state index contributed by atoms with van der Waals surface area (Å²) in [6.07, 6.45) is 4.49. The monoisotopic (exact) mass is 545 g/mol. The van der Waals surface area contributed by atoms with E-state index in [0.717, 1.165) is 44.7 Å². The molecule has 2 aliphatic heterocycles. The van der Waals surface area contributed by atoms with Crippen LogP contribution in [0, 0.1) is 0 Å². The van der Waals surface area contributed by atoms with Crippen LogP contribution in [0.3, 0.4) is 0 Å². The molecule has 0 bridgehead atoms. The third kappa shape index (κ3) is 5.29. The molecule has 196 valence electrons. The number of piperidine rings is 1. The summed E-state index contributed by atoms with van der Waals surface area (Å²) in [6, 6.07) is 5.78. The number of rotatable bonds is 5. The van der Waals surface area contributed by atoms with Gasteiger partial charge in [-0.1, -0.05) is 35.2 Å². The van der Waals surface area contributed by atoms with E-state index in [-0.39, 0.29) is 28.8 Å². The number of hydrogen-bond donors (Lipinski definition) is 2. The van der Waals surface area contributed by atoms with Crippen LogP contribution in [0.1, 0.15) is 36.5 Å². The van der Waals surface area contributed by atoms with Gasteiger partial charge in [-0.3, -0.25) is 9.69 Å². The van der Waals surface area contributed by atoms with Crippen molar-refractivity contribution in [3.8, 4) is 11.5 Å². The number of pyridine rings is 2. The van der Waals surface area contributed by atoms with Gasteiger partial charge in [0.05, 0.1) is 16.1 Å². The largest absolute Gasteiger partial charge is 0.403 e. The fraction of sp³-hybridized carbons (Fsp3) is 0.458. The topological polar surface area (TPSA) is 144 Å². The molecular formula is C24H29Cl2N9O2. The number of amides is 1. The molecule has 2 saturated heterocycles. The number of carbonyl (C=O) groups excluding carboxylic acids is 1. The van der Waals surface area contributed by atoms with Crippen molar-refractivity contribution in [1.82, 2.24) is 30.0 Å². The summed E-state index contributed by atoms with van der Waals surface area (Å²) < 4.78 is 5.28. The average Bonchev–Trinajstić information content (AvgIpc) is 3.34. The normalized spacial score (nSPS) is 19.4. The first-order valence-electron chi connectivity index (χ1n) is 12.3. The van der Waals surface area contributed by atoms with Gasteiger partial charge < -0.3 is 25.7 Å². The van der Waals surface area contributed by atoms with Crippen LogP contribution in [-0.4, -0.2) is 80.7 Å². The highest BCUT2D eigenvalue weighted by molar-refractivity contribution is 6.33. The lowest BCUT2D eigenvalue weighted by molar-refractivity contribution is 0.0491. The van der Waals surface area contributed by atoms with Crippen LogP contribution in [0.15, 0.2) is 28.8 Å². The highest BCUT2D eigenvalue weighted by Crippen LogP contribution is 2.32. The van der Waals surface area contributed by atoms with Crippen molar-refractivity contribution in [2.24, 2.45) is 0 Å². The SMILES string of the molecule is CC[C@H]1CN(c2ncc(-c3nnc(N)o3)cc2Cl)CCN1C1CCN(C(=O)c2ccc(Cl)nc2N)CC1. The maximum absolute atomic E-state index is 13.0. The lowest BCUT2D eigenvalue weighted by Crippen LogP contribution is -2.58. The number of nitrogens with two attached hydrogens (primary N) is 2. The Labute approximate surface area is 224 Å². The predicted molar refractivity (Wildman–Crippen MR) is 143 cm³/mol. The van der Waals surface area contributed by atoms with Crippen LogP contribution in [0.5, 0.6) is 0 Å². The van der Waals surface area contributed by atoms with E-state index in [1.165, 1.54) is 0 Å². The number of anilines is 3. The quantitative estimate of drug-likeness (QED) is 0.458. The van der Waals surface area contributed by atoms with Gasteiger partial charge in [0.25, 0.3) is 11.8 Å². The molecule has 0 radical (unpaired) electrons. The van der Waals surface area contributed by atoms with Crippen molar-refractivity contribution < 1.29 is 9.21 Å². The molecule has 5 heterocycles. The zero-order valence-electron chi connectivity index (χ0n) is 20.5. The molecule has 0 aliphatic carbocycles. The number of piperazine rings is 1. The first kappa shape index (κ1) is 25.5. The second kappa shape index (κ2) is 10.7. The summed E-state index contributed by atoms with van der Waals surface area (Å²) >= 11 is 12.5. The molecule has 3 aromatic rings. The molecule has 2 fully saturated rings. The highest BCUT2D eigenvalue weighted by atomic mass is 35.5. The van der Waals surface area contributed by atoms with Crippen molar-refractivity contribution in [2.45, 2.75) is 38.3 Å². The molecule has 3 aromatic heterocycles. The van der Waals surface area contributed by atoms with E-state index in [4.69, 9.17) is 39.1 Å². The molecule has 0 aromatic carbocycles. The molecule has 5 rings (SSSR count). The summed E-state index contributed by atoms with van der Waals surface area (Å²) in [5.74, 6) is 1.10. The fourth-order valence-electron chi connectivity index (χ4n) is 5.24. The Hall–Kier alpha value is -3.15. The lowest BCUT2D eigenvalue weighted by Gasteiger charge is -2.47. The Morgan fingerprint density at radius 3 is 2.57 bits per heavy atom. The molecule has 0 unspecified atom stereocenters. The number of nitrogens with zero attached hydrogens (tertiary/aromatic N) is 7. The standard InChI is InChI=1S/C24H29Cl2N9O2/c1-2-15-13-34(21-18(25)11-14(12-29-21)22-31-32-24(28)37-22)9-10-35(15)16-5-7-33(8-6-16)23(36)17-3-4-19(26)30-20(17)27/h3-4,11-12,15-16H,2,5-10,13H2,1H3,(H2,27,30)(H2,28,32)/t15-/m0/s1. The number of aromatic nitrogens is 4. The zero-order valence-corrected chi connectivity index (χ0v) is 22.0. The Bertz CT molecular complexity index is 1280. The molecule has 0 saturated carbocycles. The highest BCUT2D eigenvalue weighted by Gasteiger charge is 2.35. The van der Waals surface area contributed by atoms with Crippen molar-refractivity contribution in [3.05, 3.63) is 40.1 Å². The lowest BCUT2D eigenvalue weighted by atomic mass is 9.97. The second-order valence-corrected chi connectivity index (χ2v) is 10.1. The predicted octanol–water partition coefficient (Wildman–Crippen LogP) is 3.20. The third-order valence-electron chi connectivity index (χ3n) is 7.15.